The van der Waals surface area contributed by atoms with E-state index in [1.807, 2.05) is 48.5 Å². The third-order valence-electron chi connectivity index (χ3n) is 4.36. The zero-order chi connectivity index (χ0) is 16.9. The summed E-state index contributed by atoms with van der Waals surface area (Å²) >= 11 is 0. The Hall–Kier alpha value is -2.69. The van der Waals surface area contributed by atoms with Crippen molar-refractivity contribution in [1.82, 2.24) is 14.8 Å². The second kappa shape index (κ2) is 7.25. The molecule has 2 amide bonds. The lowest BCUT2D eigenvalue weighted by atomic mass is 10.0. The monoisotopic (exact) mass is 323 g/mol. The van der Waals surface area contributed by atoms with Crippen LogP contribution >= 0.6 is 0 Å². The van der Waals surface area contributed by atoms with Crippen LogP contribution in [0.4, 0.5) is 0 Å². The van der Waals surface area contributed by atoms with Crippen LogP contribution in [0.25, 0.3) is 0 Å². The summed E-state index contributed by atoms with van der Waals surface area (Å²) in [6.45, 7) is 1.53. The number of pyridine rings is 1. The first-order valence-corrected chi connectivity index (χ1v) is 8.14. The van der Waals surface area contributed by atoms with E-state index in [1.54, 1.807) is 23.0 Å². The number of hydrogen-bond donors (Lipinski definition) is 0. The third-order valence-corrected chi connectivity index (χ3v) is 4.36. The summed E-state index contributed by atoms with van der Waals surface area (Å²) in [6.07, 6.45) is 2.27. The van der Waals surface area contributed by atoms with Crippen LogP contribution in [0, 0.1) is 5.92 Å². The molecule has 2 heterocycles. The molecule has 124 valence electrons. The molecule has 0 aliphatic carbocycles. The van der Waals surface area contributed by atoms with Crippen LogP contribution < -0.4 is 0 Å². The SMILES string of the molecule is CN1CCN(C(=O)c2ccccc2)CC(Cc2ccccn2)C1=O. The van der Waals surface area contributed by atoms with Crippen molar-refractivity contribution >= 4 is 11.8 Å². The van der Waals surface area contributed by atoms with Gasteiger partial charge < -0.3 is 9.80 Å². The molecule has 1 aromatic heterocycles. The Labute approximate surface area is 141 Å². The molecule has 5 heteroatoms. The highest BCUT2D eigenvalue weighted by Crippen LogP contribution is 2.17. The molecule has 2 aromatic rings. The van der Waals surface area contributed by atoms with Crippen LogP contribution in [0.15, 0.2) is 54.7 Å². The molecule has 0 radical (unpaired) electrons. The summed E-state index contributed by atoms with van der Waals surface area (Å²) in [7, 11) is 1.80. The van der Waals surface area contributed by atoms with Crippen LogP contribution in [-0.4, -0.2) is 53.3 Å². The summed E-state index contributed by atoms with van der Waals surface area (Å²) in [4.78, 5) is 33.2. The largest absolute Gasteiger partial charge is 0.344 e. The summed E-state index contributed by atoms with van der Waals surface area (Å²) in [6, 6.07) is 14.9. The van der Waals surface area contributed by atoms with Crippen LogP contribution in [0.2, 0.25) is 0 Å². The van der Waals surface area contributed by atoms with E-state index in [9.17, 15) is 9.59 Å². The van der Waals surface area contributed by atoms with Crippen molar-refractivity contribution in [2.24, 2.45) is 5.92 Å². The van der Waals surface area contributed by atoms with E-state index in [1.165, 1.54) is 0 Å². The Morgan fingerprint density at radius 1 is 1.12 bits per heavy atom. The van der Waals surface area contributed by atoms with E-state index in [0.717, 1.165) is 5.69 Å². The Morgan fingerprint density at radius 2 is 1.88 bits per heavy atom. The molecule has 1 unspecified atom stereocenters. The van der Waals surface area contributed by atoms with Gasteiger partial charge in [-0.15, -0.1) is 0 Å². The van der Waals surface area contributed by atoms with Gasteiger partial charge in [0.25, 0.3) is 5.91 Å². The molecule has 1 saturated heterocycles. The minimum Gasteiger partial charge on any atom is -0.344 e. The van der Waals surface area contributed by atoms with Crippen LogP contribution in [0.5, 0.6) is 0 Å². The molecule has 1 aliphatic heterocycles. The van der Waals surface area contributed by atoms with Crippen molar-refractivity contribution in [3.05, 3.63) is 66.0 Å². The Kier molecular flexibility index (Phi) is 4.89. The fourth-order valence-electron chi connectivity index (χ4n) is 3.00. The smallest absolute Gasteiger partial charge is 0.253 e. The van der Waals surface area contributed by atoms with Gasteiger partial charge in [-0.25, -0.2) is 0 Å². The first-order valence-electron chi connectivity index (χ1n) is 8.14. The number of benzene rings is 1. The van der Waals surface area contributed by atoms with Crippen molar-refractivity contribution in [1.29, 1.82) is 0 Å². The highest BCUT2D eigenvalue weighted by atomic mass is 16.2. The van der Waals surface area contributed by atoms with Crippen LogP contribution in [-0.2, 0) is 11.2 Å². The molecule has 1 fully saturated rings. The van der Waals surface area contributed by atoms with Crippen LogP contribution in [0.3, 0.4) is 0 Å². The van der Waals surface area contributed by atoms with Crippen molar-refractivity contribution in [3.63, 3.8) is 0 Å². The van der Waals surface area contributed by atoms with E-state index < -0.39 is 0 Å². The second-order valence-corrected chi connectivity index (χ2v) is 6.10. The average molecular weight is 323 g/mol. The standard InChI is InChI=1S/C19H21N3O2/c1-21-11-12-22(19(24)15-7-3-2-4-8-15)14-16(18(21)23)13-17-9-5-6-10-20-17/h2-10,16H,11-14H2,1H3. The molecule has 0 bridgehead atoms. The van der Waals surface area contributed by atoms with Gasteiger partial charge in [0.15, 0.2) is 0 Å². The first-order chi connectivity index (χ1) is 11.6. The summed E-state index contributed by atoms with van der Waals surface area (Å²) < 4.78 is 0. The second-order valence-electron chi connectivity index (χ2n) is 6.10. The zero-order valence-corrected chi connectivity index (χ0v) is 13.8. The number of nitrogens with zero attached hydrogens (tertiary/aromatic N) is 3. The molecule has 1 atom stereocenters. The number of rotatable bonds is 3. The van der Waals surface area contributed by atoms with Gasteiger partial charge in [0.2, 0.25) is 5.91 Å². The normalized spacial score (nSPS) is 18.4. The van der Waals surface area contributed by atoms with Gasteiger partial charge in [0.05, 0.1) is 5.92 Å². The van der Waals surface area contributed by atoms with Gasteiger partial charge in [0, 0.05) is 50.6 Å². The number of carbonyl (C=O) groups is 2. The fourth-order valence-corrected chi connectivity index (χ4v) is 3.00. The van der Waals surface area contributed by atoms with E-state index >= 15 is 0 Å². The number of carbonyl (C=O) groups excluding carboxylic acids is 2. The number of likely N-dealkylation sites (N-methyl/N-ethyl adjacent to an activating group) is 1. The van der Waals surface area contributed by atoms with E-state index in [2.05, 4.69) is 4.98 Å². The molecule has 0 saturated carbocycles. The van der Waals surface area contributed by atoms with Gasteiger partial charge in [-0.1, -0.05) is 24.3 Å². The van der Waals surface area contributed by atoms with Crippen molar-refractivity contribution in [2.45, 2.75) is 6.42 Å². The zero-order valence-electron chi connectivity index (χ0n) is 13.8. The van der Waals surface area contributed by atoms with E-state index in [-0.39, 0.29) is 17.7 Å². The minimum atomic E-state index is -0.264. The van der Waals surface area contributed by atoms with Gasteiger partial charge in [0.1, 0.15) is 0 Å². The predicted octanol–water partition coefficient (Wildman–Crippen LogP) is 1.85. The molecule has 24 heavy (non-hydrogen) atoms. The maximum absolute atomic E-state index is 12.7. The number of amides is 2. The minimum absolute atomic E-state index is 0.0234. The number of aromatic nitrogens is 1. The summed E-state index contributed by atoms with van der Waals surface area (Å²) in [5.74, 6) is -0.214. The summed E-state index contributed by atoms with van der Waals surface area (Å²) in [5.41, 5.74) is 1.53. The molecule has 5 nitrogen and oxygen atoms in total. The number of hydrogen-bond acceptors (Lipinski definition) is 3. The van der Waals surface area contributed by atoms with Gasteiger partial charge in [-0.05, 0) is 24.3 Å². The average Bonchev–Trinajstić information content (AvgIpc) is 2.77. The van der Waals surface area contributed by atoms with Crippen molar-refractivity contribution in [2.75, 3.05) is 26.7 Å². The molecule has 3 rings (SSSR count). The van der Waals surface area contributed by atoms with E-state index in [4.69, 9.17) is 0 Å². The van der Waals surface area contributed by atoms with Gasteiger partial charge >= 0.3 is 0 Å². The third kappa shape index (κ3) is 3.62. The van der Waals surface area contributed by atoms with Crippen molar-refractivity contribution in [3.8, 4) is 0 Å². The molecule has 0 spiro atoms. The van der Waals surface area contributed by atoms with Gasteiger partial charge in [-0.3, -0.25) is 14.6 Å². The topological polar surface area (TPSA) is 53.5 Å². The highest BCUT2D eigenvalue weighted by Gasteiger charge is 2.31. The quantitative estimate of drug-likeness (QED) is 0.866. The lowest BCUT2D eigenvalue weighted by Gasteiger charge is -2.23. The Morgan fingerprint density at radius 3 is 2.58 bits per heavy atom. The molecule has 1 aliphatic rings. The van der Waals surface area contributed by atoms with E-state index in [0.29, 0.717) is 31.6 Å². The molecule has 1 aromatic carbocycles. The van der Waals surface area contributed by atoms with Crippen molar-refractivity contribution < 1.29 is 9.59 Å². The molecule has 0 N–H and O–H groups in total. The van der Waals surface area contributed by atoms with Crippen LogP contribution in [0.1, 0.15) is 16.1 Å². The summed E-state index contributed by atoms with van der Waals surface area (Å²) in [5, 5.41) is 0. The fraction of sp³-hybridized carbons (Fsp3) is 0.316. The first kappa shape index (κ1) is 16.2. The Balaban J connectivity index is 1.79. The lowest BCUT2D eigenvalue weighted by molar-refractivity contribution is -0.133. The molecular weight excluding hydrogens is 302 g/mol. The highest BCUT2D eigenvalue weighted by molar-refractivity contribution is 5.94. The maximum Gasteiger partial charge on any atom is 0.253 e. The molecular formula is C19H21N3O2. The lowest BCUT2D eigenvalue weighted by Crippen LogP contribution is -2.37. The maximum atomic E-state index is 12.7. The Bertz CT molecular complexity index is 703. The van der Waals surface area contributed by atoms with Gasteiger partial charge in [-0.2, -0.15) is 0 Å². The predicted molar refractivity (Wildman–Crippen MR) is 91.4 cm³/mol.